The van der Waals surface area contributed by atoms with E-state index in [1.807, 2.05) is 0 Å². The molecule has 0 N–H and O–H groups in total. The molecule has 6 heteroatoms. The summed E-state index contributed by atoms with van der Waals surface area (Å²) in [6, 6.07) is 0. The predicted octanol–water partition coefficient (Wildman–Crippen LogP) is 2.33. The summed E-state index contributed by atoms with van der Waals surface area (Å²) in [6.07, 6.45) is 5.46. The smallest absolute Gasteiger partial charge is 0.321 e. The second kappa shape index (κ2) is 5.09. The molecule has 0 aromatic carbocycles. The SMILES string of the molecule is COC(=O)C1(c2nc(C3(OC)CCCC(C)C3)no2)CC1. The Kier molecular flexibility index (Phi) is 3.51. The fourth-order valence-electron chi connectivity index (χ4n) is 3.41. The molecular weight excluding hydrogens is 272 g/mol. The quantitative estimate of drug-likeness (QED) is 0.793. The summed E-state index contributed by atoms with van der Waals surface area (Å²) < 4.78 is 16.0. The zero-order chi connectivity index (χ0) is 15.1. The van der Waals surface area contributed by atoms with Crippen molar-refractivity contribution in [3.63, 3.8) is 0 Å². The summed E-state index contributed by atoms with van der Waals surface area (Å²) in [5.41, 5.74) is -1.19. The standard InChI is InChI=1S/C15H22N2O4/c1-10-5-4-6-15(9-10,20-3)11-16-12(21-17-11)14(7-8-14)13(18)19-2/h10H,4-9H2,1-3H3. The van der Waals surface area contributed by atoms with E-state index in [4.69, 9.17) is 14.0 Å². The lowest BCUT2D eigenvalue weighted by Crippen LogP contribution is -2.35. The van der Waals surface area contributed by atoms with E-state index >= 15 is 0 Å². The van der Waals surface area contributed by atoms with Gasteiger partial charge in [-0.05, 0) is 38.0 Å². The number of rotatable bonds is 4. The average Bonchev–Trinajstić information content (AvgIpc) is 3.15. The lowest BCUT2D eigenvalue weighted by molar-refractivity contribution is -0.144. The highest BCUT2D eigenvalue weighted by atomic mass is 16.5. The Balaban J connectivity index is 1.89. The highest BCUT2D eigenvalue weighted by Gasteiger charge is 2.58. The van der Waals surface area contributed by atoms with E-state index < -0.39 is 11.0 Å². The van der Waals surface area contributed by atoms with Gasteiger partial charge in [0.15, 0.2) is 0 Å². The van der Waals surface area contributed by atoms with Crippen LogP contribution in [0.1, 0.15) is 57.2 Å². The molecule has 0 spiro atoms. The van der Waals surface area contributed by atoms with Crippen molar-refractivity contribution in [2.75, 3.05) is 14.2 Å². The van der Waals surface area contributed by atoms with Crippen molar-refractivity contribution in [3.8, 4) is 0 Å². The van der Waals surface area contributed by atoms with Crippen molar-refractivity contribution in [3.05, 3.63) is 11.7 Å². The second-order valence-corrected chi connectivity index (χ2v) is 6.40. The number of carbonyl (C=O) groups is 1. The third-order valence-corrected chi connectivity index (χ3v) is 4.92. The molecule has 1 aromatic heterocycles. The maximum atomic E-state index is 11.9. The molecule has 21 heavy (non-hydrogen) atoms. The van der Waals surface area contributed by atoms with Crippen molar-refractivity contribution >= 4 is 5.97 Å². The largest absolute Gasteiger partial charge is 0.468 e. The van der Waals surface area contributed by atoms with Crippen LogP contribution in [0.4, 0.5) is 0 Å². The molecule has 1 heterocycles. The molecule has 2 aliphatic rings. The Morgan fingerprint density at radius 1 is 1.33 bits per heavy atom. The minimum Gasteiger partial charge on any atom is -0.468 e. The first-order chi connectivity index (χ1) is 10.1. The van der Waals surface area contributed by atoms with Crippen LogP contribution < -0.4 is 0 Å². The summed E-state index contributed by atoms with van der Waals surface area (Å²) in [7, 11) is 3.08. The minimum absolute atomic E-state index is 0.291. The Morgan fingerprint density at radius 3 is 2.67 bits per heavy atom. The lowest BCUT2D eigenvalue weighted by atomic mass is 9.78. The molecule has 2 aliphatic carbocycles. The Bertz CT molecular complexity index is 538. The third kappa shape index (κ3) is 2.25. The molecule has 3 rings (SSSR count). The van der Waals surface area contributed by atoms with Crippen LogP contribution in [0.5, 0.6) is 0 Å². The first kappa shape index (κ1) is 14.5. The maximum absolute atomic E-state index is 11.9. The summed E-state index contributed by atoms with van der Waals surface area (Å²) in [4.78, 5) is 16.4. The summed E-state index contributed by atoms with van der Waals surface area (Å²) in [5, 5.41) is 4.12. The van der Waals surface area contributed by atoms with Crippen LogP contribution >= 0.6 is 0 Å². The Hall–Kier alpha value is -1.43. The molecule has 0 radical (unpaired) electrons. The van der Waals surface area contributed by atoms with Gasteiger partial charge in [-0.15, -0.1) is 0 Å². The van der Waals surface area contributed by atoms with Gasteiger partial charge in [0.25, 0.3) is 0 Å². The Labute approximate surface area is 124 Å². The van der Waals surface area contributed by atoms with Gasteiger partial charge in [0, 0.05) is 7.11 Å². The highest BCUT2D eigenvalue weighted by Crippen LogP contribution is 2.49. The topological polar surface area (TPSA) is 74.5 Å². The van der Waals surface area contributed by atoms with Crippen LogP contribution in [0.3, 0.4) is 0 Å². The van der Waals surface area contributed by atoms with E-state index in [0.717, 1.165) is 19.3 Å². The number of hydrogen-bond acceptors (Lipinski definition) is 6. The van der Waals surface area contributed by atoms with Crippen LogP contribution in [0.25, 0.3) is 0 Å². The van der Waals surface area contributed by atoms with Gasteiger partial charge in [0.2, 0.25) is 11.7 Å². The van der Waals surface area contributed by atoms with Gasteiger partial charge in [0.05, 0.1) is 7.11 Å². The van der Waals surface area contributed by atoms with E-state index in [1.165, 1.54) is 13.5 Å². The lowest BCUT2D eigenvalue weighted by Gasteiger charge is -2.36. The number of hydrogen-bond donors (Lipinski definition) is 0. The van der Waals surface area contributed by atoms with Crippen molar-refractivity contribution in [1.29, 1.82) is 0 Å². The van der Waals surface area contributed by atoms with Gasteiger partial charge < -0.3 is 14.0 Å². The van der Waals surface area contributed by atoms with Gasteiger partial charge in [-0.3, -0.25) is 4.79 Å². The summed E-state index contributed by atoms with van der Waals surface area (Å²) in [6.45, 7) is 2.21. The monoisotopic (exact) mass is 294 g/mol. The van der Waals surface area contributed by atoms with Gasteiger partial charge in [-0.25, -0.2) is 0 Å². The molecule has 2 saturated carbocycles. The normalized spacial score (nSPS) is 30.9. The van der Waals surface area contributed by atoms with Crippen LogP contribution in [0.2, 0.25) is 0 Å². The number of carbonyl (C=O) groups excluding carboxylic acids is 1. The molecule has 116 valence electrons. The van der Waals surface area contributed by atoms with Gasteiger partial charge in [0.1, 0.15) is 11.0 Å². The van der Waals surface area contributed by atoms with Crippen LogP contribution in [-0.4, -0.2) is 30.3 Å². The average molecular weight is 294 g/mol. The first-order valence-electron chi connectivity index (χ1n) is 7.54. The van der Waals surface area contributed by atoms with E-state index in [2.05, 4.69) is 17.1 Å². The number of methoxy groups -OCH3 is 2. The van der Waals surface area contributed by atoms with Crippen LogP contribution in [0.15, 0.2) is 4.52 Å². The maximum Gasteiger partial charge on any atom is 0.321 e. The molecule has 0 aliphatic heterocycles. The van der Waals surface area contributed by atoms with E-state index in [9.17, 15) is 4.79 Å². The van der Waals surface area contributed by atoms with Crippen LogP contribution in [-0.2, 0) is 25.3 Å². The van der Waals surface area contributed by atoms with Crippen molar-refractivity contribution in [2.45, 2.75) is 56.5 Å². The molecule has 6 nitrogen and oxygen atoms in total. The molecule has 2 atom stereocenters. The zero-order valence-corrected chi connectivity index (χ0v) is 12.8. The van der Waals surface area contributed by atoms with Crippen molar-refractivity contribution < 1.29 is 18.8 Å². The summed E-state index contributed by atoms with van der Waals surface area (Å²) >= 11 is 0. The Morgan fingerprint density at radius 2 is 2.10 bits per heavy atom. The van der Waals surface area contributed by atoms with Crippen molar-refractivity contribution in [1.82, 2.24) is 10.1 Å². The molecular formula is C15H22N2O4. The summed E-state index contributed by atoms with van der Waals surface area (Å²) in [5.74, 6) is 1.22. The van der Waals surface area contributed by atoms with Crippen molar-refractivity contribution in [2.24, 2.45) is 5.92 Å². The van der Waals surface area contributed by atoms with E-state index in [-0.39, 0.29) is 5.97 Å². The van der Waals surface area contributed by atoms with Gasteiger partial charge in [-0.1, -0.05) is 18.5 Å². The number of ether oxygens (including phenoxy) is 2. The highest BCUT2D eigenvalue weighted by molar-refractivity contribution is 5.85. The first-order valence-corrected chi connectivity index (χ1v) is 7.54. The number of aromatic nitrogens is 2. The zero-order valence-electron chi connectivity index (χ0n) is 12.8. The fourth-order valence-corrected chi connectivity index (χ4v) is 3.41. The molecule has 0 amide bonds. The fraction of sp³-hybridized carbons (Fsp3) is 0.800. The van der Waals surface area contributed by atoms with Crippen LogP contribution in [0, 0.1) is 5.92 Å². The number of esters is 1. The van der Waals surface area contributed by atoms with Gasteiger partial charge in [-0.2, -0.15) is 4.98 Å². The minimum atomic E-state index is -0.713. The number of nitrogens with zero attached hydrogens (tertiary/aromatic N) is 2. The van der Waals surface area contributed by atoms with E-state index in [0.29, 0.717) is 30.5 Å². The van der Waals surface area contributed by atoms with E-state index in [1.54, 1.807) is 7.11 Å². The second-order valence-electron chi connectivity index (χ2n) is 6.40. The van der Waals surface area contributed by atoms with Gasteiger partial charge >= 0.3 is 5.97 Å². The molecule has 2 unspecified atom stereocenters. The molecule has 1 aromatic rings. The molecule has 0 saturated heterocycles. The predicted molar refractivity (Wildman–Crippen MR) is 73.5 cm³/mol. The third-order valence-electron chi connectivity index (χ3n) is 4.92. The molecule has 0 bridgehead atoms. The molecule has 2 fully saturated rings.